The minimum absolute atomic E-state index is 0.117. The lowest BCUT2D eigenvalue weighted by Crippen LogP contribution is -2.64. The van der Waals surface area contributed by atoms with Gasteiger partial charge in [0.15, 0.2) is 0 Å². The molecule has 2 fully saturated rings. The summed E-state index contributed by atoms with van der Waals surface area (Å²) in [6, 6.07) is 0.642. The van der Waals surface area contributed by atoms with E-state index in [1.807, 2.05) is 20.8 Å². The molecule has 0 unspecified atom stereocenters. The summed E-state index contributed by atoms with van der Waals surface area (Å²) in [5, 5.41) is 3.67. The Morgan fingerprint density at radius 1 is 1.32 bits per heavy atom. The van der Waals surface area contributed by atoms with E-state index in [4.69, 9.17) is 9.47 Å². The van der Waals surface area contributed by atoms with Crippen LogP contribution in [-0.2, 0) is 14.3 Å². The predicted molar refractivity (Wildman–Crippen MR) is 87.8 cm³/mol. The fourth-order valence-electron chi connectivity index (χ4n) is 4.16. The molecule has 2 aliphatic carbocycles. The molecule has 3 atom stereocenters. The molecule has 0 amide bonds. The molecule has 4 nitrogen and oxygen atoms in total. The van der Waals surface area contributed by atoms with Gasteiger partial charge in [0.05, 0.1) is 12.5 Å². The lowest BCUT2D eigenvalue weighted by atomic mass is 9.60. The Hall–Kier alpha value is -0.610. The third-order valence-corrected chi connectivity index (χ3v) is 5.07. The SMILES string of the molecule is CCO[C@@H]1C[C@H](N[C@H](C)CC(=O)OC(C)(C)C)C12CCCC2. The Labute approximate surface area is 135 Å². The lowest BCUT2D eigenvalue weighted by molar-refractivity contribution is -0.156. The van der Waals surface area contributed by atoms with Crippen molar-refractivity contribution in [3.63, 3.8) is 0 Å². The van der Waals surface area contributed by atoms with Gasteiger partial charge in [-0.2, -0.15) is 0 Å². The first-order chi connectivity index (χ1) is 10.3. The van der Waals surface area contributed by atoms with Gasteiger partial charge in [0.1, 0.15) is 5.60 Å². The standard InChI is InChI=1S/C18H33NO3/c1-6-21-15-12-14(18(15)9-7-8-10-18)19-13(2)11-16(20)22-17(3,4)5/h13-15,19H,6-12H2,1-5H3/t13-,14+,15-/m1/s1. The van der Waals surface area contributed by atoms with Crippen LogP contribution in [-0.4, -0.2) is 36.4 Å². The second-order valence-electron chi connectivity index (χ2n) is 8.03. The Bertz CT molecular complexity index is 382. The van der Waals surface area contributed by atoms with E-state index in [0.717, 1.165) is 13.0 Å². The first-order valence-electron chi connectivity index (χ1n) is 8.86. The van der Waals surface area contributed by atoms with Gasteiger partial charge in [-0.3, -0.25) is 4.79 Å². The number of esters is 1. The van der Waals surface area contributed by atoms with Crippen LogP contribution in [0.3, 0.4) is 0 Å². The van der Waals surface area contributed by atoms with E-state index in [1.54, 1.807) is 0 Å². The summed E-state index contributed by atoms with van der Waals surface area (Å²) >= 11 is 0. The smallest absolute Gasteiger partial charge is 0.307 e. The Kier molecular flexibility index (Phi) is 5.54. The van der Waals surface area contributed by atoms with Gasteiger partial charge >= 0.3 is 5.97 Å². The lowest BCUT2D eigenvalue weighted by Gasteiger charge is -2.55. The van der Waals surface area contributed by atoms with Gasteiger partial charge in [0, 0.05) is 24.1 Å². The Morgan fingerprint density at radius 3 is 2.50 bits per heavy atom. The first kappa shape index (κ1) is 17.7. The van der Waals surface area contributed by atoms with E-state index in [9.17, 15) is 4.79 Å². The fraction of sp³-hybridized carbons (Fsp3) is 0.944. The van der Waals surface area contributed by atoms with Crippen molar-refractivity contribution in [1.82, 2.24) is 5.32 Å². The van der Waals surface area contributed by atoms with Crippen molar-refractivity contribution < 1.29 is 14.3 Å². The maximum absolute atomic E-state index is 11.9. The summed E-state index contributed by atoms with van der Waals surface area (Å²) in [5.74, 6) is -0.117. The molecule has 22 heavy (non-hydrogen) atoms. The molecular formula is C18H33NO3. The molecule has 4 heteroatoms. The largest absolute Gasteiger partial charge is 0.460 e. The van der Waals surface area contributed by atoms with Crippen LogP contribution < -0.4 is 5.32 Å². The van der Waals surface area contributed by atoms with E-state index in [1.165, 1.54) is 25.7 Å². The normalized spacial score (nSPS) is 28.4. The molecule has 0 bridgehead atoms. The average molecular weight is 311 g/mol. The van der Waals surface area contributed by atoms with Crippen molar-refractivity contribution in [2.45, 2.75) is 96.9 Å². The minimum Gasteiger partial charge on any atom is -0.460 e. The maximum Gasteiger partial charge on any atom is 0.307 e. The molecule has 0 radical (unpaired) electrons. The number of hydrogen-bond donors (Lipinski definition) is 1. The predicted octanol–water partition coefficient (Wildman–Crippen LogP) is 3.43. The van der Waals surface area contributed by atoms with Crippen molar-refractivity contribution in [3.8, 4) is 0 Å². The maximum atomic E-state index is 11.9. The van der Waals surface area contributed by atoms with Crippen molar-refractivity contribution in [2.75, 3.05) is 6.61 Å². The summed E-state index contributed by atoms with van der Waals surface area (Å²) in [6.07, 6.45) is 7.05. The number of carbonyl (C=O) groups excluding carboxylic acids is 1. The summed E-state index contributed by atoms with van der Waals surface area (Å²) in [6.45, 7) is 10.7. The number of ether oxygens (including phenoxy) is 2. The Balaban J connectivity index is 1.84. The molecule has 128 valence electrons. The van der Waals surface area contributed by atoms with Gasteiger partial charge in [-0.05, 0) is 53.9 Å². The topological polar surface area (TPSA) is 47.6 Å². The first-order valence-corrected chi connectivity index (χ1v) is 8.86. The van der Waals surface area contributed by atoms with Crippen molar-refractivity contribution in [2.24, 2.45) is 5.41 Å². The quantitative estimate of drug-likeness (QED) is 0.763. The second kappa shape index (κ2) is 6.88. The van der Waals surface area contributed by atoms with Crippen LogP contribution in [0.25, 0.3) is 0 Å². The van der Waals surface area contributed by atoms with Crippen LogP contribution in [0.2, 0.25) is 0 Å². The van der Waals surface area contributed by atoms with E-state index in [0.29, 0.717) is 24.0 Å². The van der Waals surface area contributed by atoms with Gasteiger partial charge in [-0.25, -0.2) is 0 Å². The van der Waals surface area contributed by atoms with E-state index in [2.05, 4.69) is 19.2 Å². The molecule has 0 saturated heterocycles. The van der Waals surface area contributed by atoms with Crippen LogP contribution in [0.15, 0.2) is 0 Å². The number of carbonyl (C=O) groups is 1. The van der Waals surface area contributed by atoms with Crippen LogP contribution in [0.5, 0.6) is 0 Å². The van der Waals surface area contributed by atoms with Gasteiger partial charge in [-0.1, -0.05) is 12.8 Å². The van der Waals surface area contributed by atoms with E-state index in [-0.39, 0.29) is 12.0 Å². The highest BCUT2D eigenvalue weighted by Crippen LogP contribution is 2.54. The zero-order chi connectivity index (χ0) is 16.4. The molecule has 0 aromatic carbocycles. The van der Waals surface area contributed by atoms with Crippen LogP contribution in [0, 0.1) is 5.41 Å². The number of nitrogens with one attached hydrogen (secondary N) is 1. The average Bonchev–Trinajstić information content (AvgIpc) is 2.87. The van der Waals surface area contributed by atoms with Crippen LogP contribution in [0.1, 0.15) is 73.1 Å². The van der Waals surface area contributed by atoms with Gasteiger partial charge in [-0.15, -0.1) is 0 Å². The molecule has 1 N–H and O–H groups in total. The third kappa shape index (κ3) is 4.02. The molecule has 0 heterocycles. The molecule has 0 aromatic heterocycles. The Morgan fingerprint density at radius 2 is 1.95 bits per heavy atom. The molecular weight excluding hydrogens is 278 g/mol. The molecule has 2 rings (SSSR count). The molecule has 2 saturated carbocycles. The minimum atomic E-state index is -0.403. The van der Waals surface area contributed by atoms with Gasteiger partial charge in [0.25, 0.3) is 0 Å². The zero-order valence-corrected chi connectivity index (χ0v) is 14.9. The summed E-state index contributed by atoms with van der Waals surface area (Å²) in [4.78, 5) is 11.9. The van der Waals surface area contributed by atoms with Crippen LogP contribution in [0.4, 0.5) is 0 Å². The zero-order valence-electron chi connectivity index (χ0n) is 14.9. The van der Waals surface area contributed by atoms with Crippen molar-refractivity contribution >= 4 is 5.97 Å². The van der Waals surface area contributed by atoms with E-state index < -0.39 is 5.60 Å². The van der Waals surface area contributed by atoms with Gasteiger partial charge < -0.3 is 14.8 Å². The summed E-state index contributed by atoms with van der Waals surface area (Å²) in [7, 11) is 0. The second-order valence-corrected chi connectivity index (χ2v) is 8.03. The van der Waals surface area contributed by atoms with Crippen molar-refractivity contribution in [1.29, 1.82) is 0 Å². The molecule has 2 aliphatic rings. The van der Waals surface area contributed by atoms with Crippen LogP contribution >= 0.6 is 0 Å². The number of hydrogen-bond acceptors (Lipinski definition) is 4. The highest BCUT2D eigenvalue weighted by molar-refractivity contribution is 5.70. The third-order valence-electron chi connectivity index (χ3n) is 5.07. The summed E-state index contributed by atoms with van der Waals surface area (Å²) < 4.78 is 11.4. The fourth-order valence-corrected chi connectivity index (χ4v) is 4.16. The highest BCUT2D eigenvalue weighted by atomic mass is 16.6. The molecule has 1 spiro atoms. The number of rotatable bonds is 6. The summed E-state index contributed by atoms with van der Waals surface area (Å²) in [5.41, 5.74) is -0.0851. The molecule has 0 aliphatic heterocycles. The molecule has 0 aromatic rings. The highest BCUT2D eigenvalue weighted by Gasteiger charge is 2.56. The van der Waals surface area contributed by atoms with Crippen molar-refractivity contribution in [3.05, 3.63) is 0 Å². The monoisotopic (exact) mass is 311 g/mol. The van der Waals surface area contributed by atoms with E-state index >= 15 is 0 Å². The van der Waals surface area contributed by atoms with Gasteiger partial charge in [0.2, 0.25) is 0 Å².